The van der Waals surface area contributed by atoms with Crippen LogP contribution in [0.5, 0.6) is 0 Å². The van der Waals surface area contributed by atoms with Gasteiger partial charge in [0.05, 0.1) is 12.7 Å². The third-order valence-electron chi connectivity index (χ3n) is 4.16. The number of carbonyl (C=O) groups excluding carboxylic acids is 1. The second-order valence-electron chi connectivity index (χ2n) is 5.59. The molecule has 0 spiro atoms. The highest BCUT2D eigenvalue weighted by Gasteiger charge is 2.42. The fraction of sp³-hybridized carbons (Fsp3) is 0.714. The summed E-state index contributed by atoms with van der Waals surface area (Å²) in [4.78, 5) is 14.0. The van der Waals surface area contributed by atoms with Crippen LogP contribution >= 0.6 is 0 Å². The Morgan fingerprint density at radius 1 is 1.55 bits per heavy atom. The number of carbonyl (C=O) groups is 1. The summed E-state index contributed by atoms with van der Waals surface area (Å²) in [6, 6.07) is 1.78. The van der Waals surface area contributed by atoms with Crippen molar-refractivity contribution >= 4 is 5.91 Å². The lowest BCUT2D eigenvalue weighted by molar-refractivity contribution is -0.143. The van der Waals surface area contributed by atoms with Crippen LogP contribution in [0.2, 0.25) is 0 Å². The number of amides is 1. The highest BCUT2D eigenvalue weighted by molar-refractivity contribution is 5.76. The number of likely N-dealkylation sites (tertiary alicyclic amines) is 1. The molecule has 112 valence electrons. The minimum absolute atomic E-state index is 0.0190. The van der Waals surface area contributed by atoms with Crippen LogP contribution in [0.15, 0.2) is 18.5 Å². The minimum atomic E-state index is -0.577. The topological polar surface area (TPSA) is 78.6 Å². The van der Waals surface area contributed by atoms with Gasteiger partial charge < -0.3 is 15.1 Å². The summed E-state index contributed by atoms with van der Waals surface area (Å²) in [5.74, 6) is -0.0190. The molecule has 2 N–H and O–H groups in total. The average molecular weight is 281 g/mol. The first kappa shape index (κ1) is 15.0. The van der Waals surface area contributed by atoms with Gasteiger partial charge in [-0.2, -0.15) is 5.10 Å². The normalized spacial score (nSPS) is 26.8. The van der Waals surface area contributed by atoms with E-state index in [2.05, 4.69) is 5.10 Å². The highest BCUT2D eigenvalue weighted by atomic mass is 16.3. The van der Waals surface area contributed by atoms with Crippen LogP contribution in [0.4, 0.5) is 0 Å². The molecule has 0 aromatic carbocycles. The Morgan fingerprint density at radius 2 is 2.35 bits per heavy atom. The van der Waals surface area contributed by atoms with Crippen molar-refractivity contribution in [1.82, 2.24) is 14.7 Å². The van der Waals surface area contributed by atoms with Gasteiger partial charge >= 0.3 is 0 Å². The molecule has 2 rings (SSSR count). The Kier molecular flexibility index (Phi) is 4.77. The Morgan fingerprint density at radius 3 is 2.95 bits per heavy atom. The SMILES string of the molecule is CCC[C@@]1(CO)CN(C(=O)Cn2cccn2)CC[C@H]1O. The van der Waals surface area contributed by atoms with Crippen LogP contribution in [0.3, 0.4) is 0 Å². The van der Waals surface area contributed by atoms with Crippen molar-refractivity contribution in [3.63, 3.8) is 0 Å². The zero-order valence-corrected chi connectivity index (χ0v) is 11.9. The van der Waals surface area contributed by atoms with E-state index >= 15 is 0 Å². The quantitative estimate of drug-likeness (QED) is 0.811. The van der Waals surface area contributed by atoms with Gasteiger partial charge in [0.25, 0.3) is 0 Å². The molecule has 1 aliphatic rings. The van der Waals surface area contributed by atoms with E-state index in [9.17, 15) is 15.0 Å². The zero-order chi connectivity index (χ0) is 14.6. The van der Waals surface area contributed by atoms with Crippen molar-refractivity contribution in [3.05, 3.63) is 18.5 Å². The predicted octanol–water partition coefficient (Wildman–Crippen LogP) is 0.255. The maximum atomic E-state index is 12.3. The third-order valence-corrected chi connectivity index (χ3v) is 4.16. The van der Waals surface area contributed by atoms with Crippen molar-refractivity contribution in [2.75, 3.05) is 19.7 Å². The van der Waals surface area contributed by atoms with E-state index in [0.29, 0.717) is 19.5 Å². The lowest BCUT2D eigenvalue weighted by Gasteiger charge is -2.45. The summed E-state index contributed by atoms with van der Waals surface area (Å²) in [6.45, 7) is 3.09. The number of aliphatic hydroxyl groups is 2. The molecule has 0 saturated carbocycles. The standard InChI is InChI=1S/C14H23N3O3/c1-2-5-14(11-18)10-16(8-4-12(14)19)13(20)9-17-7-3-6-15-17/h3,6-7,12,18-19H,2,4-5,8-11H2,1H3/t12-,14+/m1/s1. The van der Waals surface area contributed by atoms with Gasteiger partial charge in [-0.15, -0.1) is 0 Å². The molecule has 2 atom stereocenters. The van der Waals surface area contributed by atoms with Crippen molar-refractivity contribution in [2.45, 2.75) is 38.8 Å². The van der Waals surface area contributed by atoms with E-state index in [1.54, 1.807) is 28.0 Å². The third kappa shape index (κ3) is 3.02. The lowest BCUT2D eigenvalue weighted by atomic mass is 9.74. The van der Waals surface area contributed by atoms with Gasteiger partial charge in [0.15, 0.2) is 0 Å². The number of piperidine rings is 1. The smallest absolute Gasteiger partial charge is 0.244 e. The number of hydrogen-bond acceptors (Lipinski definition) is 4. The van der Waals surface area contributed by atoms with Crippen molar-refractivity contribution < 1.29 is 15.0 Å². The van der Waals surface area contributed by atoms with E-state index in [4.69, 9.17) is 0 Å². The van der Waals surface area contributed by atoms with Crippen LogP contribution in [-0.2, 0) is 11.3 Å². The second-order valence-corrected chi connectivity index (χ2v) is 5.59. The van der Waals surface area contributed by atoms with Gasteiger partial charge in [-0.3, -0.25) is 9.48 Å². The summed E-state index contributed by atoms with van der Waals surface area (Å²) in [5.41, 5.74) is -0.577. The monoisotopic (exact) mass is 281 g/mol. The minimum Gasteiger partial charge on any atom is -0.396 e. The van der Waals surface area contributed by atoms with Gasteiger partial charge in [0.2, 0.25) is 5.91 Å². The fourth-order valence-electron chi connectivity index (χ4n) is 2.97. The molecule has 0 radical (unpaired) electrons. The number of nitrogens with zero attached hydrogens (tertiary/aromatic N) is 3. The molecule has 1 fully saturated rings. The van der Waals surface area contributed by atoms with Gasteiger partial charge in [0, 0.05) is 30.9 Å². The van der Waals surface area contributed by atoms with E-state index < -0.39 is 11.5 Å². The molecule has 1 amide bonds. The van der Waals surface area contributed by atoms with Gasteiger partial charge in [-0.25, -0.2) is 0 Å². The average Bonchev–Trinajstić information content (AvgIpc) is 2.94. The van der Waals surface area contributed by atoms with Crippen molar-refractivity contribution in [1.29, 1.82) is 0 Å². The molecule has 1 aromatic rings. The molecule has 0 bridgehead atoms. The van der Waals surface area contributed by atoms with Gasteiger partial charge in [-0.05, 0) is 18.9 Å². The Hall–Kier alpha value is -1.40. The summed E-state index contributed by atoms with van der Waals surface area (Å²) in [7, 11) is 0. The summed E-state index contributed by atoms with van der Waals surface area (Å²) >= 11 is 0. The summed E-state index contributed by atoms with van der Waals surface area (Å²) in [5, 5.41) is 23.9. The van der Waals surface area contributed by atoms with E-state index in [1.165, 1.54) is 0 Å². The van der Waals surface area contributed by atoms with Gasteiger partial charge in [-0.1, -0.05) is 13.3 Å². The number of aromatic nitrogens is 2. The Balaban J connectivity index is 2.04. The predicted molar refractivity (Wildman–Crippen MR) is 73.9 cm³/mol. The number of hydrogen-bond donors (Lipinski definition) is 2. The first-order valence-corrected chi connectivity index (χ1v) is 7.15. The van der Waals surface area contributed by atoms with Crippen LogP contribution in [0.25, 0.3) is 0 Å². The molecule has 1 aromatic heterocycles. The Labute approximate surface area is 119 Å². The van der Waals surface area contributed by atoms with Gasteiger partial charge in [0.1, 0.15) is 6.54 Å². The second kappa shape index (κ2) is 6.37. The lowest BCUT2D eigenvalue weighted by Crippen LogP contribution is -2.55. The van der Waals surface area contributed by atoms with Crippen LogP contribution in [0.1, 0.15) is 26.2 Å². The maximum absolute atomic E-state index is 12.3. The van der Waals surface area contributed by atoms with Crippen molar-refractivity contribution in [3.8, 4) is 0 Å². The largest absolute Gasteiger partial charge is 0.396 e. The molecule has 6 nitrogen and oxygen atoms in total. The van der Waals surface area contributed by atoms with E-state index in [0.717, 1.165) is 12.8 Å². The summed E-state index contributed by atoms with van der Waals surface area (Å²) in [6.07, 6.45) is 4.96. The first-order chi connectivity index (χ1) is 9.61. The van der Waals surface area contributed by atoms with Crippen LogP contribution in [0, 0.1) is 5.41 Å². The number of aliphatic hydroxyl groups excluding tert-OH is 2. The molecule has 0 aliphatic carbocycles. The molecule has 1 saturated heterocycles. The fourth-order valence-corrected chi connectivity index (χ4v) is 2.97. The highest BCUT2D eigenvalue weighted by Crippen LogP contribution is 2.34. The van der Waals surface area contributed by atoms with E-state index in [1.807, 2.05) is 6.92 Å². The van der Waals surface area contributed by atoms with E-state index in [-0.39, 0.29) is 19.1 Å². The molecule has 2 heterocycles. The molecule has 6 heteroatoms. The van der Waals surface area contributed by atoms with Crippen LogP contribution in [-0.4, -0.2) is 56.6 Å². The Bertz CT molecular complexity index is 435. The molecular weight excluding hydrogens is 258 g/mol. The van der Waals surface area contributed by atoms with Crippen LogP contribution < -0.4 is 0 Å². The molecular formula is C14H23N3O3. The molecule has 1 aliphatic heterocycles. The molecule has 0 unspecified atom stereocenters. The zero-order valence-electron chi connectivity index (χ0n) is 11.9. The van der Waals surface area contributed by atoms with Crippen molar-refractivity contribution in [2.24, 2.45) is 5.41 Å². The number of rotatable bonds is 5. The maximum Gasteiger partial charge on any atom is 0.244 e. The summed E-state index contributed by atoms with van der Waals surface area (Å²) < 4.78 is 1.59. The first-order valence-electron chi connectivity index (χ1n) is 7.15. The molecule has 20 heavy (non-hydrogen) atoms.